The van der Waals surface area contributed by atoms with E-state index in [2.05, 4.69) is 5.32 Å². The average Bonchev–Trinajstić information content (AvgIpc) is 2.83. The molecule has 4 nitrogen and oxygen atoms in total. The lowest BCUT2D eigenvalue weighted by Crippen LogP contribution is -2.34. The minimum atomic E-state index is -0.596. The molecule has 1 aliphatic carbocycles. The van der Waals surface area contributed by atoms with Gasteiger partial charge in [0.1, 0.15) is 5.75 Å². The van der Waals surface area contributed by atoms with Crippen molar-refractivity contribution in [2.24, 2.45) is 0 Å². The number of fused-ring (bicyclic) bond motifs is 1. The number of ether oxygens (including phenoxy) is 1. The summed E-state index contributed by atoms with van der Waals surface area (Å²) < 4.78 is 5.20. The maximum absolute atomic E-state index is 12.4. The number of para-hydroxylation sites is 1. The van der Waals surface area contributed by atoms with E-state index in [4.69, 9.17) is 4.74 Å². The van der Waals surface area contributed by atoms with Crippen LogP contribution in [0.2, 0.25) is 0 Å². The third-order valence-electron chi connectivity index (χ3n) is 3.84. The van der Waals surface area contributed by atoms with Crippen LogP contribution in [-0.4, -0.2) is 24.2 Å². The Hall–Kier alpha value is -2.33. The Labute approximate surface area is 123 Å². The van der Waals surface area contributed by atoms with Crippen molar-refractivity contribution in [1.29, 1.82) is 0 Å². The van der Waals surface area contributed by atoms with Crippen molar-refractivity contribution in [3.63, 3.8) is 0 Å². The molecule has 0 saturated carbocycles. The number of carbonyl (C=O) groups is 1. The fourth-order valence-corrected chi connectivity index (χ4v) is 2.80. The van der Waals surface area contributed by atoms with E-state index in [1.165, 1.54) is 7.11 Å². The van der Waals surface area contributed by atoms with E-state index in [0.29, 0.717) is 17.7 Å². The van der Waals surface area contributed by atoms with Crippen LogP contribution in [0.25, 0.3) is 0 Å². The van der Waals surface area contributed by atoms with E-state index >= 15 is 0 Å². The van der Waals surface area contributed by atoms with Crippen LogP contribution in [0.1, 0.15) is 27.5 Å². The van der Waals surface area contributed by atoms with Crippen molar-refractivity contribution in [3.05, 3.63) is 65.2 Å². The number of hydrogen-bond donors (Lipinski definition) is 2. The van der Waals surface area contributed by atoms with Gasteiger partial charge in [-0.3, -0.25) is 4.79 Å². The minimum Gasteiger partial charge on any atom is -0.496 e. The number of rotatable bonds is 3. The number of hydrogen-bond acceptors (Lipinski definition) is 3. The number of nitrogens with one attached hydrogen (secondary N) is 1. The number of aliphatic hydroxyl groups excluding tert-OH is 1. The normalized spacial score (nSPS) is 19.9. The summed E-state index contributed by atoms with van der Waals surface area (Å²) in [5.74, 6) is 0.281. The minimum absolute atomic E-state index is 0.242. The molecule has 0 saturated heterocycles. The van der Waals surface area contributed by atoms with Crippen molar-refractivity contribution < 1.29 is 14.6 Å². The molecule has 1 amide bonds. The molecule has 0 bridgehead atoms. The van der Waals surface area contributed by atoms with Gasteiger partial charge in [-0.05, 0) is 23.3 Å². The molecule has 2 aromatic carbocycles. The molecule has 2 atom stereocenters. The molecule has 21 heavy (non-hydrogen) atoms. The van der Waals surface area contributed by atoms with E-state index in [-0.39, 0.29) is 11.9 Å². The summed E-state index contributed by atoms with van der Waals surface area (Å²) in [6, 6.07) is 14.5. The SMILES string of the molecule is COc1ccccc1C(=O)N[C@H]1c2ccccc2C[C@H]1O. The predicted molar refractivity (Wildman–Crippen MR) is 79.4 cm³/mol. The maximum Gasteiger partial charge on any atom is 0.255 e. The second kappa shape index (κ2) is 5.58. The Morgan fingerprint density at radius 1 is 1.19 bits per heavy atom. The highest BCUT2D eigenvalue weighted by Gasteiger charge is 2.32. The zero-order valence-corrected chi connectivity index (χ0v) is 11.7. The van der Waals surface area contributed by atoms with Gasteiger partial charge in [0.15, 0.2) is 0 Å². The first-order chi connectivity index (χ1) is 10.2. The standard InChI is InChI=1S/C17H17NO3/c1-21-15-9-5-4-8-13(15)17(20)18-16-12-7-3-2-6-11(12)10-14(16)19/h2-9,14,16,19H,10H2,1H3,(H,18,20)/t14-,16+/m1/s1. The molecule has 0 radical (unpaired) electrons. The van der Waals surface area contributed by atoms with Crippen LogP contribution in [0.5, 0.6) is 5.75 Å². The Bertz CT molecular complexity index is 669. The molecule has 0 aliphatic heterocycles. The zero-order valence-electron chi connectivity index (χ0n) is 11.7. The smallest absolute Gasteiger partial charge is 0.255 e. The van der Waals surface area contributed by atoms with Gasteiger partial charge in [-0.1, -0.05) is 36.4 Å². The van der Waals surface area contributed by atoms with Crippen molar-refractivity contribution >= 4 is 5.91 Å². The van der Waals surface area contributed by atoms with E-state index < -0.39 is 6.10 Å². The van der Waals surface area contributed by atoms with E-state index in [0.717, 1.165) is 11.1 Å². The van der Waals surface area contributed by atoms with E-state index in [1.807, 2.05) is 30.3 Å². The van der Waals surface area contributed by atoms with Gasteiger partial charge in [-0.15, -0.1) is 0 Å². The van der Waals surface area contributed by atoms with Crippen LogP contribution in [0.15, 0.2) is 48.5 Å². The largest absolute Gasteiger partial charge is 0.496 e. The summed E-state index contributed by atoms with van der Waals surface area (Å²) in [5.41, 5.74) is 2.53. The van der Waals surface area contributed by atoms with Gasteiger partial charge in [0.25, 0.3) is 5.91 Å². The summed E-state index contributed by atoms with van der Waals surface area (Å²) in [4.78, 5) is 12.4. The quantitative estimate of drug-likeness (QED) is 0.906. The van der Waals surface area contributed by atoms with Crippen molar-refractivity contribution in [3.8, 4) is 5.75 Å². The molecule has 0 heterocycles. The van der Waals surface area contributed by atoms with Crippen LogP contribution >= 0.6 is 0 Å². The maximum atomic E-state index is 12.4. The van der Waals surface area contributed by atoms with Crippen LogP contribution in [-0.2, 0) is 6.42 Å². The second-order valence-corrected chi connectivity index (χ2v) is 5.12. The van der Waals surface area contributed by atoms with E-state index in [9.17, 15) is 9.90 Å². The molecular formula is C17H17NO3. The molecule has 108 valence electrons. The summed E-state index contributed by atoms with van der Waals surface area (Å²) in [6.07, 6.45) is -0.0337. The first-order valence-corrected chi connectivity index (χ1v) is 6.90. The van der Waals surface area contributed by atoms with Crippen LogP contribution in [0.3, 0.4) is 0 Å². The number of methoxy groups -OCH3 is 1. The highest BCUT2D eigenvalue weighted by molar-refractivity contribution is 5.97. The third kappa shape index (κ3) is 2.50. The van der Waals surface area contributed by atoms with Crippen LogP contribution in [0.4, 0.5) is 0 Å². The van der Waals surface area contributed by atoms with Crippen molar-refractivity contribution in [1.82, 2.24) is 5.32 Å². The van der Waals surface area contributed by atoms with Gasteiger partial charge in [0, 0.05) is 6.42 Å². The highest BCUT2D eigenvalue weighted by Crippen LogP contribution is 2.31. The van der Waals surface area contributed by atoms with Gasteiger partial charge < -0.3 is 15.2 Å². The first kappa shape index (κ1) is 13.6. The summed E-state index contributed by atoms with van der Waals surface area (Å²) in [5, 5.41) is 13.1. The molecule has 0 aromatic heterocycles. The second-order valence-electron chi connectivity index (χ2n) is 5.12. The van der Waals surface area contributed by atoms with Crippen molar-refractivity contribution in [2.75, 3.05) is 7.11 Å². The lowest BCUT2D eigenvalue weighted by atomic mass is 10.1. The van der Waals surface area contributed by atoms with E-state index in [1.54, 1.807) is 18.2 Å². The molecule has 1 aliphatic rings. The Morgan fingerprint density at radius 2 is 1.90 bits per heavy atom. The van der Waals surface area contributed by atoms with Gasteiger partial charge >= 0.3 is 0 Å². The predicted octanol–water partition coefficient (Wildman–Crippen LogP) is 2.08. The number of carbonyl (C=O) groups excluding carboxylic acids is 1. The molecule has 2 N–H and O–H groups in total. The number of amides is 1. The topological polar surface area (TPSA) is 58.6 Å². The Kier molecular flexibility index (Phi) is 3.62. The number of benzene rings is 2. The molecular weight excluding hydrogens is 266 g/mol. The Morgan fingerprint density at radius 3 is 2.71 bits per heavy atom. The first-order valence-electron chi connectivity index (χ1n) is 6.90. The summed E-state index contributed by atoms with van der Waals surface area (Å²) in [7, 11) is 1.53. The fourth-order valence-electron chi connectivity index (χ4n) is 2.80. The van der Waals surface area contributed by atoms with Crippen LogP contribution in [0, 0.1) is 0 Å². The van der Waals surface area contributed by atoms with Gasteiger partial charge in [0.05, 0.1) is 24.8 Å². The monoisotopic (exact) mass is 283 g/mol. The van der Waals surface area contributed by atoms with Crippen molar-refractivity contribution in [2.45, 2.75) is 18.6 Å². The lowest BCUT2D eigenvalue weighted by Gasteiger charge is -2.18. The zero-order chi connectivity index (χ0) is 14.8. The Balaban J connectivity index is 1.85. The summed E-state index contributed by atoms with van der Waals surface area (Å²) >= 11 is 0. The molecule has 0 fully saturated rings. The van der Waals surface area contributed by atoms with Gasteiger partial charge in [0.2, 0.25) is 0 Å². The van der Waals surface area contributed by atoms with Gasteiger partial charge in [-0.2, -0.15) is 0 Å². The molecule has 2 aromatic rings. The average molecular weight is 283 g/mol. The lowest BCUT2D eigenvalue weighted by molar-refractivity contribution is 0.0855. The molecule has 4 heteroatoms. The highest BCUT2D eigenvalue weighted by atomic mass is 16.5. The fraction of sp³-hybridized carbons (Fsp3) is 0.235. The number of aliphatic hydroxyl groups is 1. The van der Waals surface area contributed by atoms with Gasteiger partial charge in [-0.25, -0.2) is 0 Å². The summed E-state index contributed by atoms with van der Waals surface area (Å²) in [6.45, 7) is 0. The third-order valence-corrected chi connectivity index (χ3v) is 3.84. The molecule has 0 unspecified atom stereocenters. The molecule has 3 rings (SSSR count). The van der Waals surface area contributed by atoms with Crippen LogP contribution < -0.4 is 10.1 Å². The molecule has 0 spiro atoms.